The maximum absolute atomic E-state index is 5.69. The molecule has 1 atom stereocenters. The minimum Gasteiger partial charge on any atom is -0.453 e. The van der Waals surface area contributed by atoms with E-state index in [-0.39, 0.29) is 4.83 Å². The van der Waals surface area contributed by atoms with Gasteiger partial charge in [0, 0.05) is 0 Å². The summed E-state index contributed by atoms with van der Waals surface area (Å²) in [5.41, 5.74) is 4.22. The van der Waals surface area contributed by atoms with Crippen LogP contribution in [0.1, 0.15) is 27.3 Å². The molecular formula is C17H12Br2O. The van der Waals surface area contributed by atoms with Gasteiger partial charge in [0.25, 0.3) is 0 Å². The Kier molecular flexibility index (Phi) is 3.00. The molecule has 0 saturated heterocycles. The third-order valence-corrected chi connectivity index (χ3v) is 5.40. The molecule has 3 heteroatoms. The van der Waals surface area contributed by atoms with Gasteiger partial charge in [0.2, 0.25) is 0 Å². The van der Waals surface area contributed by atoms with E-state index >= 15 is 0 Å². The second-order valence-corrected chi connectivity index (χ2v) is 6.86. The third-order valence-electron chi connectivity index (χ3n) is 4.03. The Morgan fingerprint density at radius 1 is 0.950 bits per heavy atom. The molecule has 0 spiro atoms. The van der Waals surface area contributed by atoms with E-state index in [2.05, 4.69) is 62.2 Å². The Labute approximate surface area is 134 Å². The molecule has 1 aliphatic carbocycles. The summed E-state index contributed by atoms with van der Waals surface area (Å²) in [5, 5.41) is 2.78. The van der Waals surface area contributed by atoms with Crippen molar-refractivity contribution in [3.63, 3.8) is 0 Å². The summed E-state index contributed by atoms with van der Waals surface area (Å²) in [6.45, 7) is 0. The predicted octanol–water partition coefficient (Wildman–Crippen LogP) is 5.78. The lowest BCUT2D eigenvalue weighted by molar-refractivity contribution is 0.497. The summed E-state index contributed by atoms with van der Waals surface area (Å²) in [6, 6.07) is 15.1. The molecule has 1 nitrogen and oxygen atoms in total. The van der Waals surface area contributed by atoms with Crippen molar-refractivity contribution >= 4 is 42.6 Å². The van der Waals surface area contributed by atoms with Crippen LogP contribution < -0.4 is 0 Å². The fourth-order valence-electron chi connectivity index (χ4n) is 3.11. The van der Waals surface area contributed by atoms with E-state index in [0.29, 0.717) is 0 Å². The van der Waals surface area contributed by atoms with Gasteiger partial charge in [-0.3, -0.25) is 0 Å². The number of hydrogen-bond donors (Lipinski definition) is 0. The van der Waals surface area contributed by atoms with Crippen molar-refractivity contribution in [2.45, 2.75) is 17.7 Å². The Bertz CT molecular complexity index is 794. The largest absolute Gasteiger partial charge is 0.453 e. The molecule has 1 aromatic heterocycles. The molecule has 0 aliphatic heterocycles. The van der Waals surface area contributed by atoms with E-state index in [1.165, 1.54) is 27.5 Å². The monoisotopic (exact) mass is 390 g/mol. The molecular weight excluding hydrogens is 380 g/mol. The van der Waals surface area contributed by atoms with E-state index in [1.54, 1.807) is 0 Å². The van der Waals surface area contributed by atoms with Crippen LogP contribution in [0.25, 0.3) is 10.8 Å². The van der Waals surface area contributed by atoms with E-state index in [0.717, 1.165) is 23.3 Å². The van der Waals surface area contributed by atoms with Gasteiger partial charge in [-0.05, 0) is 68.4 Å². The van der Waals surface area contributed by atoms with E-state index in [9.17, 15) is 0 Å². The first-order valence-corrected chi connectivity index (χ1v) is 8.37. The van der Waals surface area contributed by atoms with Crippen molar-refractivity contribution in [1.29, 1.82) is 0 Å². The van der Waals surface area contributed by atoms with Crippen molar-refractivity contribution in [2.75, 3.05) is 0 Å². The van der Waals surface area contributed by atoms with E-state index < -0.39 is 0 Å². The maximum Gasteiger partial charge on any atom is 0.169 e. The Morgan fingerprint density at radius 2 is 1.75 bits per heavy atom. The van der Waals surface area contributed by atoms with Crippen LogP contribution in [0.2, 0.25) is 0 Å². The molecule has 0 saturated carbocycles. The molecule has 1 aliphatic rings. The van der Waals surface area contributed by atoms with Crippen LogP contribution in [0.4, 0.5) is 0 Å². The normalized spacial score (nSPS) is 14.9. The van der Waals surface area contributed by atoms with Gasteiger partial charge in [-0.2, -0.15) is 0 Å². The van der Waals surface area contributed by atoms with Crippen LogP contribution in [0.5, 0.6) is 0 Å². The summed E-state index contributed by atoms with van der Waals surface area (Å²) in [5.74, 6) is 0.926. The smallest absolute Gasteiger partial charge is 0.169 e. The quantitative estimate of drug-likeness (QED) is 0.504. The number of rotatable bonds is 2. The number of alkyl halides is 1. The molecule has 20 heavy (non-hydrogen) atoms. The SMILES string of the molecule is Brc1ccc(C(Br)c2ccc3c4c(cccc24)CC3)o1. The predicted molar refractivity (Wildman–Crippen MR) is 88.5 cm³/mol. The second-order valence-electron chi connectivity index (χ2n) is 5.16. The first-order chi connectivity index (χ1) is 9.74. The standard InChI is InChI=1S/C17H12Br2O/c18-15-9-8-14(20-15)17(19)13-7-6-11-5-4-10-2-1-3-12(13)16(10)11/h1-3,6-9,17H,4-5H2. The van der Waals surface area contributed by atoms with Crippen LogP contribution in [0.3, 0.4) is 0 Å². The van der Waals surface area contributed by atoms with Gasteiger partial charge < -0.3 is 4.42 Å². The summed E-state index contributed by atoms with van der Waals surface area (Å²) in [4.78, 5) is 0.0821. The highest BCUT2D eigenvalue weighted by Crippen LogP contribution is 2.40. The van der Waals surface area contributed by atoms with Gasteiger partial charge >= 0.3 is 0 Å². The number of aryl methyl sites for hydroxylation is 2. The number of furan rings is 1. The lowest BCUT2D eigenvalue weighted by atomic mass is 9.97. The number of benzene rings is 2. The van der Waals surface area contributed by atoms with Gasteiger partial charge in [0.15, 0.2) is 4.67 Å². The summed E-state index contributed by atoms with van der Waals surface area (Å²) in [7, 11) is 0. The molecule has 1 heterocycles. The zero-order valence-electron chi connectivity index (χ0n) is 10.7. The first kappa shape index (κ1) is 12.7. The fourth-order valence-corrected chi connectivity index (χ4v) is 4.07. The van der Waals surface area contributed by atoms with Gasteiger partial charge in [0.1, 0.15) is 5.76 Å². The lowest BCUT2D eigenvalue weighted by Crippen LogP contribution is -1.93. The van der Waals surface area contributed by atoms with E-state index in [1.807, 2.05) is 12.1 Å². The molecule has 3 aromatic rings. The van der Waals surface area contributed by atoms with Crippen molar-refractivity contribution in [2.24, 2.45) is 0 Å². The molecule has 0 bridgehead atoms. The van der Waals surface area contributed by atoms with Crippen LogP contribution in [-0.4, -0.2) is 0 Å². The second kappa shape index (κ2) is 4.74. The first-order valence-electron chi connectivity index (χ1n) is 6.67. The Hall–Kier alpha value is -1.06. The number of halogens is 2. The van der Waals surface area contributed by atoms with Gasteiger partial charge in [0.05, 0.1) is 4.83 Å². The van der Waals surface area contributed by atoms with Crippen molar-refractivity contribution in [3.05, 3.63) is 69.6 Å². The zero-order valence-corrected chi connectivity index (χ0v) is 13.9. The average molecular weight is 392 g/mol. The molecule has 0 fully saturated rings. The Morgan fingerprint density at radius 3 is 2.50 bits per heavy atom. The summed E-state index contributed by atoms with van der Waals surface area (Å²) < 4.78 is 6.46. The van der Waals surface area contributed by atoms with Gasteiger partial charge in [-0.1, -0.05) is 46.3 Å². The van der Waals surface area contributed by atoms with Gasteiger partial charge in [-0.15, -0.1) is 0 Å². The number of hydrogen-bond acceptors (Lipinski definition) is 1. The molecule has 0 amide bonds. The minimum absolute atomic E-state index is 0.0821. The van der Waals surface area contributed by atoms with Crippen molar-refractivity contribution in [3.8, 4) is 0 Å². The average Bonchev–Trinajstić information content (AvgIpc) is 3.07. The highest BCUT2D eigenvalue weighted by atomic mass is 79.9. The zero-order chi connectivity index (χ0) is 13.7. The highest BCUT2D eigenvalue weighted by Gasteiger charge is 2.21. The molecule has 1 unspecified atom stereocenters. The van der Waals surface area contributed by atoms with Crippen LogP contribution >= 0.6 is 31.9 Å². The molecule has 2 aromatic carbocycles. The third kappa shape index (κ3) is 1.87. The summed E-state index contributed by atoms with van der Waals surface area (Å²) >= 11 is 7.15. The molecule has 0 N–H and O–H groups in total. The topological polar surface area (TPSA) is 13.1 Å². The highest BCUT2D eigenvalue weighted by molar-refractivity contribution is 9.10. The van der Waals surface area contributed by atoms with Crippen molar-refractivity contribution < 1.29 is 4.42 Å². The van der Waals surface area contributed by atoms with Crippen LogP contribution in [0, 0.1) is 0 Å². The minimum atomic E-state index is 0.0821. The molecule has 4 rings (SSSR count). The molecule has 100 valence electrons. The van der Waals surface area contributed by atoms with E-state index in [4.69, 9.17) is 4.42 Å². The fraction of sp³-hybridized carbons (Fsp3) is 0.176. The Balaban J connectivity index is 1.93. The summed E-state index contributed by atoms with van der Waals surface area (Å²) in [6.07, 6.45) is 2.32. The maximum atomic E-state index is 5.69. The lowest BCUT2D eigenvalue weighted by Gasteiger charge is -2.12. The molecule has 0 radical (unpaired) electrons. The van der Waals surface area contributed by atoms with Crippen LogP contribution in [-0.2, 0) is 12.8 Å². The van der Waals surface area contributed by atoms with Crippen LogP contribution in [0.15, 0.2) is 51.6 Å². The van der Waals surface area contributed by atoms with Gasteiger partial charge in [-0.25, -0.2) is 0 Å². The van der Waals surface area contributed by atoms with Crippen molar-refractivity contribution in [1.82, 2.24) is 0 Å².